The fraction of sp³-hybridized carbons (Fsp3) is 0.765. The van der Waals surface area contributed by atoms with Gasteiger partial charge in [-0.25, -0.2) is 9.36 Å². The van der Waals surface area contributed by atoms with Crippen LogP contribution in [0.5, 0.6) is 0 Å². The van der Waals surface area contributed by atoms with Crippen LogP contribution in [0.1, 0.15) is 60.6 Å². The van der Waals surface area contributed by atoms with E-state index < -0.39 is 11.9 Å². The van der Waals surface area contributed by atoms with E-state index in [0.717, 1.165) is 6.42 Å². The summed E-state index contributed by atoms with van der Waals surface area (Å²) in [5.74, 6) is 0.309. The summed E-state index contributed by atoms with van der Waals surface area (Å²) < 4.78 is 7.38. The lowest BCUT2D eigenvalue weighted by Gasteiger charge is -2.33. The summed E-state index contributed by atoms with van der Waals surface area (Å²) in [7, 11) is 0. The molecule has 1 aliphatic rings. The first-order valence-electron chi connectivity index (χ1n) is 7.95. The van der Waals surface area contributed by atoms with Gasteiger partial charge in [-0.05, 0) is 29.6 Å². The van der Waals surface area contributed by atoms with Crippen LogP contribution in [0.3, 0.4) is 0 Å². The molecule has 22 heavy (non-hydrogen) atoms. The number of aromatic nitrogens is 2. The Hall–Kier alpha value is -1.36. The highest BCUT2D eigenvalue weighted by Gasteiger charge is 2.44. The molecule has 2 heterocycles. The molecule has 0 spiro atoms. The molecule has 0 radical (unpaired) electrons. The fourth-order valence-corrected chi connectivity index (χ4v) is 3.30. The van der Waals surface area contributed by atoms with Crippen molar-refractivity contribution in [1.82, 2.24) is 9.55 Å². The molecule has 1 fully saturated rings. The maximum absolute atomic E-state index is 12.0. The van der Waals surface area contributed by atoms with Crippen molar-refractivity contribution in [3.05, 3.63) is 33.1 Å². The van der Waals surface area contributed by atoms with Gasteiger partial charge in [-0.15, -0.1) is 0 Å². The summed E-state index contributed by atoms with van der Waals surface area (Å²) in [6, 6.07) is 1.37. The third-order valence-corrected chi connectivity index (χ3v) is 4.34. The lowest BCUT2D eigenvalue weighted by atomic mass is 9.73. The first-order valence-corrected chi connectivity index (χ1v) is 7.95. The minimum absolute atomic E-state index is 0.0523. The molecule has 1 N–H and O–H groups in total. The predicted octanol–water partition coefficient (Wildman–Crippen LogP) is 2.92. The largest absolute Gasteiger partial charge is 0.354 e. The summed E-state index contributed by atoms with van der Waals surface area (Å²) in [6.07, 6.45) is 2.55. The average molecular weight is 308 g/mol. The molecule has 1 saturated heterocycles. The molecule has 1 aromatic rings. The van der Waals surface area contributed by atoms with Crippen molar-refractivity contribution in [2.24, 2.45) is 16.7 Å². The maximum Gasteiger partial charge on any atom is 0.330 e. The minimum Gasteiger partial charge on any atom is -0.354 e. The van der Waals surface area contributed by atoms with Crippen molar-refractivity contribution in [3.8, 4) is 0 Å². The van der Waals surface area contributed by atoms with E-state index in [1.54, 1.807) is 0 Å². The van der Waals surface area contributed by atoms with Crippen LogP contribution < -0.4 is 11.2 Å². The van der Waals surface area contributed by atoms with Crippen molar-refractivity contribution in [2.75, 3.05) is 0 Å². The Morgan fingerprint density at radius 1 is 1.23 bits per heavy atom. The Kier molecular flexibility index (Phi) is 4.39. The van der Waals surface area contributed by atoms with Gasteiger partial charge in [0.2, 0.25) is 0 Å². The molecule has 5 heteroatoms. The van der Waals surface area contributed by atoms with Crippen molar-refractivity contribution >= 4 is 0 Å². The molecule has 0 unspecified atom stereocenters. The fourth-order valence-electron chi connectivity index (χ4n) is 3.30. The topological polar surface area (TPSA) is 64.1 Å². The second-order valence-corrected chi connectivity index (χ2v) is 8.59. The first-order chi connectivity index (χ1) is 9.99. The first kappa shape index (κ1) is 17.0. The Balaban J connectivity index is 2.35. The summed E-state index contributed by atoms with van der Waals surface area (Å²) in [5, 5.41) is 0. The highest BCUT2D eigenvalue weighted by Crippen LogP contribution is 2.46. The lowest BCUT2D eigenvalue weighted by Crippen LogP contribution is -2.37. The third-order valence-electron chi connectivity index (χ3n) is 4.34. The molecule has 0 saturated carbocycles. The SMILES string of the molecule is CC(C)(C)C[C@H]1O[C@H](n2c(=O)cc[nH]c2=O)C[C@H]1C(C)(C)C. The van der Waals surface area contributed by atoms with E-state index in [2.05, 4.69) is 46.5 Å². The van der Waals surface area contributed by atoms with E-state index in [-0.39, 0.29) is 22.5 Å². The molecular weight excluding hydrogens is 280 g/mol. The molecule has 124 valence electrons. The van der Waals surface area contributed by atoms with E-state index >= 15 is 0 Å². The Bertz CT molecular complexity index is 603. The number of ether oxygens (including phenoxy) is 1. The molecule has 2 rings (SSSR count). The van der Waals surface area contributed by atoms with Gasteiger partial charge in [0.25, 0.3) is 5.56 Å². The number of rotatable bonds is 2. The van der Waals surface area contributed by atoms with Crippen LogP contribution in [0, 0.1) is 16.7 Å². The van der Waals surface area contributed by atoms with Gasteiger partial charge < -0.3 is 9.72 Å². The van der Waals surface area contributed by atoms with Crippen LogP contribution in [-0.2, 0) is 4.74 Å². The highest BCUT2D eigenvalue weighted by atomic mass is 16.5. The summed E-state index contributed by atoms with van der Waals surface area (Å²) in [4.78, 5) is 26.6. The smallest absolute Gasteiger partial charge is 0.330 e. The molecule has 5 nitrogen and oxygen atoms in total. The van der Waals surface area contributed by atoms with Gasteiger partial charge in [0.1, 0.15) is 6.23 Å². The number of hydrogen-bond donors (Lipinski definition) is 1. The summed E-state index contributed by atoms with van der Waals surface area (Å²) >= 11 is 0. The van der Waals surface area contributed by atoms with Crippen molar-refractivity contribution in [1.29, 1.82) is 0 Å². The van der Waals surface area contributed by atoms with E-state index in [4.69, 9.17) is 4.74 Å². The van der Waals surface area contributed by atoms with E-state index in [1.165, 1.54) is 16.8 Å². The molecule has 0 amide bonds. The lowest BCUT2D eigenvalue weighted by molar-refractivity contribution is -0.0353. The zero-order valence-electron chi connectivity index (χ0n) is 14.5. The van der Waals surface area contributed by atoms with Gasteiger partial charge >= 0.3 is 5.69 Å². The van der Waals surface area contributed by atoms with Crippen LogP contribution in [0.15, 0.2) is 21.9 Å². The van der Waals surface area contributed by atoms with Crippen LogP contribution in [0.4, 0.5) is 0 Å². The van der Waals surface area contributed by atoms with Gasteiger partial charge in [0, 0.05) is 12.3 Å². The normalized spacial score (nSPS) is 26.4. The highest BCUT2D eigenvalue weighted by molar-refractivity contribution is 4.93. The van der Waals surface area contributed by atoms with Crippen LogP contribution in [0.25, 0.3) is 0 Å². The molecular formula is C17H28N2O3. The zero-order valence-corrected chi connectivity index (χ0v) is 14.5. The Labute approximate surface area is 131 Å². The second-order valence-electron chi connectivity index (χ2n) is 8.59. The Morgan fingerprint density at radius 2 is 1.86 bits per heavy atom. The number of hydrogen-bond acceptors (Lipinski definition) is 3. The van der Waals surface area contributed by atoms with Gasteiger partial charge in [0.15, 0.2) is 0 Å². The molecule has 0 aliphatic carbocycles. The molecule has 1 aliphatic heterocycles. The van der Waals surface area contributed by atoms with Crippen molar-refractivity contribution in [2.45, 2.75) is 66.7 Å². The summed E-state index contributed by atoms with van der Waals surface area (Å²) in [5.41, 5.74) is -0.508. The number of nitrogens with zero attached hydrogens (tertiary/aromatic N) is 1. The standard InChI is InChI=1S/C17H28N2O3/c1-16(2,3)10-12-11(17(4,5)6)9-14(22-12)19-13(20)7-8-18-15(19)21/h7-8,11-12,14H,9-10H2,1-6H3,(H,18,21)/t11-,12-,14+/m1/s1. The van der Waals surface area contributed by atoms with E-state index in [1.807, 2.05) is 0 Å². The quantitative estimate of drug-likeness (QED) is 0.913. The summed E-state index contributed by atoms with van der Waals surface area (Å²) in [6.45, 7) is 13.1. The minimum atomic E-state index is -0.478. The Morgan fingerprint density at radius 3 is 2.36 bits per heavy atom. The average Bonchev–Trinajstić information content (AvgIpc) is 2.69. The van der Waals surface area contributed by atoms with E-state index in [0.29, 0.717) is 12.3 Å². The second kappa shape index (κ2) is 5.69. The number of nitrogens with one attached hydrogen (secondary N) is 1. The number of H-pyrrole nitrogens is 1. The van der Waals surface area contributed by atoms with Gasteiger partial charge in [-0.3, -0.25) is 4.79 Å². The van der Waals surface area contributed by atoms with Crippen LogP contribution >= 0.6 is 0 Å². The zero-order chi connectivity index (χ0) is 16.7. The third kappa shape index (κ3) is 3.69. The van der Waals surface area contributed by atoms with Gasteiger partial charge in [-0.2, -0.15) is 0 Å². The predicted molar refractivity (Wildman–Crippen MR) is 86.9 cm³/mol. The maximum atomic E-state index is 12.0. The van der Waals surface area contributed by atoms with E-state index in [9.17, 15) is 9.59 Å². The molecule has 3 atom stereocenters. The van der Waals surface area contributed by atoms with Crippen molar-refractivity contribution in [3.63, 3.8) is 0 Å². The van der Waals surface area contributed by atoms with Crippen molar-refractivity contribution < 1.29 is 4.74 Å². The molecule has 1 aromatic heterocycles. The number of aromatic amines is 1. The van der Waals surface area contributed by atoms with Gasteiger partial charge in [0.05, 0.1) is 6.10 Å². The van der Waals surface area contributed by atoms with Gasteiger partial charge in [-0.1, -0.05) is 41.5 Å². The molecule has 0 bridgehead atoms. The molecule has 0 aromatic carbocycles. The monoisotopic (exact) mass is 308 g/mol. The van der Waals surface area contributed by atoms with Crippen LogP contribution in [-0.4, -0.2) is 15.7 Å². The van der Waals surface area contributed by atoms with Crippen LogP contribution in [0.2, 0.25) is 0 Å².